The van der Waals surface area contributed by atoms with Crippen LogP contribution in [-0.2, 0) is 17.8 Å². The first-order valence-corrected chi connectivity index (χ1v) is 9.54. The number of carbonyl (C=O) groups excluding carboxylic acids is 2. The molecule has 3 rings (SSSR count). The van der Waals surface area contributed by atoms with Crippen LogP contribution in [0.3, 0.4) is 0 Å². The van der Waals surface area contributed by atoms with Gasteiger partial charge >= 0.3 is 12.0 Å². The molecule has 0 N–H and O–H groups in total. The van der Waals surface area contributed by atoms with Crippen molar-refractivity contribution in [2.24, 2.45) is 0 Å². The lowest BCUT2D eigenvalue weighted by molar-refractivity contribution is 0.0526. The number of hydrogen-bond acceptors (Lipinski definition) is 4. The van der Waals surface area contributed by atoms with Crippen LogP contribution in [0.25, 0.3) is 0 Å². The largest absolute Gasteiger partial charge is 0.462 e. The standard InChI is InChI=1S/C22H27N3O3/c1-4-28-21(26)19-6-5-7-20(14-19)25-13-12-24(22(25)27)16-18-10-8-17(9-11-18)15-23(2)3/h5-11,14H,4,12-13,15-16H2,1-3H3. The first-order chi connectivity index (χ1) is 13.5. The topological polar surface area (TPSA) is 53.1 Å². The van der Waals surface area contributed by atoms with E-state index < -0.39 is 0 Å². The Morgan fingerprint density at radius 1 is 1.07 bits per heavy atom. The number of benzene rings is 2. The molecular formula is C22H27N3O3. The van der Waals surface area contributed by atoms with Gasteiger partial charge in [0.2, 0.25) is 0 Å². The molecule has 0 spiro atoms. The van der Waals surface area contributed by atoms with Gasteiger partial charge in [0.25, 0.3) is 0 Å². The molecule has 148 valence electrons. The van der Waals surface area contributed by atoms with Gasteiger partial charge in [0.15, 0.2) is 0 Å². The molecule has 1 aliphatic rings. The third-order valence-corrected chi connectivity index (χ3v) is 4.66. The Morgan fingerprint density at radius 3 is 2.46 bits per heavy atom. The van der Waals surface area contributed by atoms with Crippen molar-refractivity contribution in [3.63, 3.8) is 0 Å². The summed E-state index contributed by atoms with van der Waals surface area (Å²) in [6.07, 6.45) is 0. The Labute approximate surface area is 166 Å². The van der Waals surface area contributed by atoms with E-state index in [9.17, 15) is 9.59 Å². The summed E-state index contributed by atoms with van der Waals surface area (Å²) < 4.78 is 5.05. The average molecular weight is 381 g/mol. The molecule has 0 bridgehead atoms. The maximum atomic E-state index is 12.9. The molecule has 1 heterocycles. The van der Waals surface area contributed by atoms with Gasteiger partial charge in [-0.3, -0.25) is 4.90 Å². The second-order valence-corrected chi connectivity index (χ2v) is 7.18. The van der Waals surface area contributed by atoms with E-state index in [0.717, 1.165) is 17.8 Å². The quantitative estimate of drug-likeness (QED) is 0.690. The van der Waals surface area contributed by atoms with E-state index in [1.165, 1.54) is 5.56 Å². The minimum Gasteiger partial charge on any atom is -0.462 e. The van der Waals surface area contributed by atoms with Gasteiger partial charge in [0.05, 0.1) is 12.2 Å². The summed E-state index contributed by atoms with van der Waals surface area (Å²) in [6, 6.07) is 15.4. The van der Waals surface area contributed by atoms with Crippen molar-refractivity contribution in [2.45, 2.75) is 20.0 Å². The van der Waals surface area contributed by atoms with Crippen LogP contribution in [0.15, 0.2) is 48.5 Å². The number of ether oxygens (including phenoxy) is 1. The maximum absolute atomic E-state index is 12.9. The molecule has 6 nitrogen and oxygen atoms in total. The summed E-state index contributed by atoms with van der Waals surface area (Å²) in [5.41, 5.74) is 3.54. The molecular weight excluding hydrogens is 354 g/mol. The van der Waals surface area contributed by atoms with Crippen LogP contribution in [0.5, 0.6) is 0 Å². The van der Waals surface area contributed by atoms with Gasteiger partial charge < -0.3 is 14.5 Å². The van der Waals surface area contributed by atoms with Crippen LogP contribution < -0.4 is 4.90 Å². The molecule has 28 heavy (non-hydrogen) atoms. The Kier molecular flexibility index (Phi) is 6.31. The highest BCUT2D eigenvalue weighted by atomic mass is 16.5. The number of rotatable bonds is 7. The second kappa shape index (κ2) is 8.89. The molecule has 0 saturated carbocycles. The van der Waals surface area contributed by atoms with Gasteiger partial charge in [-0.25, -0.2) is 9.59 Å². The van der Waals surface area contributed by atoms with Crippen molar-refractivity contribution in [2.75, 3.05) is 38.7 Å². The Bertz CT molecular complexity index is 833. The number of esters is 1. The van der Waals surface area contributed by atoms with Crippen molar-refractivity contribution in [1.82, 2.24) is 9.80 Å². The molecule has 0 aromatic heterocycles. The predicted molar refractivity (Wildman–Crippen MR) is 109 cm³/mol. The summed E-state index contributed by atoms with van der Waals surface area (Å²) in [5, 5.41) is 0. The molecule has 2 amide bonds. The number of carbonyl (C=O) groups is 2. The number of amides is 2. The van der Waals surface area contributed by atoms with Gasteiger partial charge in [-0.05, 0) is 50.3 Å². The van der Waals surface area contributed by atoms with Crippen LogP contribution in [0.2, 0.25) is 0 Å². The zero-order chi connectivity index (χ0) is 20.1. The van der Waals surface area contributed by atoms with E-state index in [1.807, 2.05) is 25.1 Å². The van der Waals surface area contributed by atoms with Gasteiger partial charge in [-0.2, -0.15) is 0 Å². The molecule has 1 fully saturated rings. The SMILES string of the molecule is CCOC(=O)c1cccc(N2CCN(Cc3ccc(CN(C)C)cc3)C2=O)c1. The highest BCUT2D eigenvalue weighted by molar-refractivity contribution is 5.96. The zero-order valence-corrected chi connectivity index (χ0v) is 16.7. The van der Waals surface area contributed by atoms with Gasteiger partial charge in [0.1, 0.15) is 0 Å². The van der Waals surface area contributed by atoms with Crippen LogP contribution >= 0.6 is 0 Å². The van der Waals surface area contributed by atoms with E-state index in [4.69, 9.17) is 4.74 Å². The summed E-state index contributed by atoms with van der Waals surface area (Å²) >= 11 is 0. The third-order valence-electron chi connectivity index (χ3n) is 4.66. The number of nitrogens with zero attached hydrogens (tertiary/aromatic N) is 3. The van der Waals surface area contributed by atoms with Crippen molar-refractivity contribution < 1.29 is 14.3 Å². The van der Waals surface area contributed by atoms with Crippen LogP contribution in [-0.4, -0.2) is 55.6 Å². The molecule has 0 atom stereocenters. The van der Waals surface area contributed by atoms with E-state index in [2.05, 4.69) is 29.2 Å². The van der Waals surface area contributed by atoms with E-state index >= 15 is 0 Å². The maximum Gasteiger partial charge on any atom is 0.338 e. The van der Waals surface area contributed by atoms with Crippen LogP contribution in [0.4, 0.5) is 10.5 Å². The molecule has 1 saturated heterocycles. The van der Waals surface area contributed by atoms with Crippen molar-refractivity contribution in [3.05, 3.63) is 65.2 Å². The Balaban J connectivity index is 1.66. The molecule has 0 aliphatic carbocycles. The van der Waals surface area contributed by atoms with Crippen LogP contribution in [0.1, 0.15) is 28.4 Å². The highest BCUT2D eigenvalue weighted by Gasteiger charge is 2.29. The lowest BCUT2D eigenvalue weighted by Crippen LogP contribution is -2.31. The molecule has 6 heteroatoms. The molecule has 2 aromatic rings. The summed E-state index contributed by atoms with van der Waals surface area (Å²) in [7, 11) is 4.09. The second-order valence-electron chi connectivity index (χ2n) is 7.18. The van der Waals surface area contributed by atoms with E-state index in [0.29, 0.717) is 31.8 Å². The fraction of sp³-hybridized carbons (Fsp3) is 0.364. The van der Waals surface area contributed by atoms with E-state index in [-0.39, 0.29) is 12.0 Å². The fourth-order valence-electron chi connectivity index (χ4n) is 3.32. The van der Waals surface area contributed by atoms with Crippen molar-refractivity contribution in [1.29, 1.82) is 0 Å². The van der Waals surface area contributed by atoms with Gasteiger partial charge in [-0.15, -0.1) is 0 Å². The molecule has 2 aromatic carbocycles. The third kappa shape index (κ3) is 4.70. The Morgan fingerprint density at radius 2 is 1.79 bits per heavy atom. The smallest absolute Gasteiger partial charge is 0.338 e. The van der Waals surface area contributed by atoms with Crippen LogP contribution in [0, 0.1) is 0 Å². The van der Waals surface area contributed by atoms with Crippen molar-refractivity contribution >= 4 is 17.7 Å². The van der Waals surface area contributed by atoms with Gasteiger partial charge in [-0.1, -0.05) is 30.3 Å². The monoisotopic (exact) mass is 381 g/mol. The number of hydrogen-bond donors (Lipinski definition) is 0. The molecule has 1 aliphatic heterocycles. The summed E-state index contributed by atoms with van der Waals surface area (Å²) in [5.74, 6) is -0.370. The van der Waals surface area contributed by atoms with Gasteiger partial charge in [0, 0.05) is 31.9 Å². The van der Waals surface area contributed by atoms with Crippen molar-refractivity contribution in [3.8, 4) is 0 Å². The summed E-state index contributed by atoms with van der Waals surface area (Å²) in [4.78, 5) is 30.5. The fourth-order valence-corrected chi connectivity index (χ4v) is 3.32. The number of anilines is 1. The minimum absolute atomic E-state index is 0.0432. The molecule has 0 unspecified atom stereocenters. The van der Waals surface area contributed by atoms with E-state index in [1.54, 1.807) is 30.0 Å². The first kappa shape index (κ1) is 19.9. The normalized spacial score (nSPS) is 14.1. The average Bonchev–Trinajstić information content (AvgIpc) is 3.03. The predicted octanol–water partition coefficient (Wildman–Crippen LogP) is 3.37. The number of urea groups is 1. The lowest BCUT2D eigenvalue weighted by Gasteiger charge is -2.19. The Hall–Kier alpha value is -2.86. The highest BCUT2D eigenvalue weighted by Crippen LogP contribution is 2.23. The summed E-state index contributed by atoms with van der Waals surface area (Å²) in [6.45, 7) is 4.83. The lowest BCUT2D eigenvalue weighted by atomic mass is 10.1. The first-order valence-electron chi connectivity index (χ1n) is 9.54. The molecule has 0 radical (unpaired) electrons. The minimum atomic E-state index is -0.370. The zero-order valence-electron chi connectivity index (χ0n) is 16.7.